The zero-order valence-corrected chi connectivity index (χ0v) is 13.1. The second kappa shape index (κ2) is 6.62. The number of benzene rings is 2. The number of carbonyl (C=O) groups is 1. The van der Waals surface area contributed by atoms with E-state index in [-0.39, 0.29) is 11.3 Å². The first-order chi connectivity index (χ1) is 10.4. The summed E-state index contributed by atoms with van der Waals surface area (Å²) in [5.74, 6) is 0.0643. The zero-order chi connectivity index (χ0) is 16.2. The van der Waals surface area contributed by atoms with Gasteiger partial charge in [0.05, 0.1) is 18.4 Å². The summed E-state index contributed by atoms with van der Waals surface area (Å²) in [5, 5.41) is 0. The standard InChI is InChI=1S/C16H16O5S/c1-20-14-8-3-4-9-15(14)21-16(17)13-7-5-6-12(10-13)11-22(2,18)19/h3-10H,11H2,1-2H3. The van der Waals surface area contributed by atoms with Crippen LogP contribution in [0.5, 0.6) is 11.5 Å². The quantitative estimate of drug-likeness (QED) is 0.625. The molecule has 6 heteroatoms. The molecule has 0 spiro atoms. The van der Waals surface area contributed by atoms with Gasteiger partial charge in [-0.15, -0.1) is 0 Å². The van der Waals surface area contributed by atoms with E-state index in [4.69, 9.17) is 9.47 Å². The molecule has 0 amide bonds. The van der Waals surface area contributed by atoms with Crippen LogP contribution in [0.15, 0.2) is 48.5 Å². The first-order valence-electron chi connectivity index (χ1n) is 6.51. The van der Waals surface area contributed by atoms with E-state index < -0.39 is 15.8 Å². The van der Waals surface area contributed by atoms with Gasteiger partial charge < -0.3 is 9.47 Å². The maximum atomic E-state index is 12.2. The second-order valence-electron chi connectivity index (χ2n) is 4.81. The average Bonchev–Trinajstić information content (AvgIpc) is 2.46. The maximum absolute atomic E-state index is 12.2. The monoisotopic (exact) mass is 320 g/mol. The fraction of sp³-hybridized carbons (Fsp3) is 0.188. The van der Waals surface area contributed by atoms with Crippen LogP contribution >= 0.6 is 0 Å². The number of sulfone groups is 1. The minimum atomic E-state index is -3.16. The van der Waals surface area contributed by atoms with Crippen molar-refractivity contribution in [3.8, 4) is 11.5 Å². The van der Waals surface area contributed by atoms with E-state index in [1.54, 1.807) is 42.5 Å². The number of rotatable bonds is 5. The Balaban J connectivity index is 2.21. The van der Waals surface area contributed by atoms with Crippen molar-refractivity contribution < 1.29 is 22.7 Å². The Labute approximate surface area is 129 Å². The minimum Gasteiger partial charge on any atom is -0.493 e. The van der Waals surface area contributed by atoms with Crippen LogP contribution in [0.2, 0.25) is 0 Å². The van der Waals surface area contributed by atoms with E-state index in [0.717, 1.165) is 6.26 Å². The molecule has 0 radical (unpaired) electrons. The zero-order valence-electron chi connectivity index (χ0n) is 12.3. The summed E-state index contributed by atoms with van der Waals surface area (Å²) in [6.07, 6.45) is 1.15. The molecule has 0 aliphatic carbocycles. The highest BCUT2D eigenvalue weighted by Crippen LogP contribution is 2.26. The SMILES string of the molecule is COc1ccccc1OC(=O)c1cccc(CS(C)(=O)=O)c1. The predicted molar refractivity (Wildman–Crippen MR) is 82.9 cm³/mol. The molecule has 0 unspecified atom stereocenters. The van der Waals surface area contributed by atoms with Crippen molar-refractivity contribution in [2.45, 2.75) is 5.75 Å². The largest absolute Gasteiger partial charge is 0.493 e. The fourth-order valence-corrected chi connectivity index (χ4v) is 2.74. The first-order valence-corrected chi connectivity index (χ1v) is 8.57. The number of methoxy groups -OCH3 is 1. The van der Waals surface area contributed by atoms with Gasteiger partial charge in [-0.3, -0.25) is 0 Å². The van der Waals surface area contributed by atoms with E-state index in [1.165, 1.54) is 13.2 Å². The van der Waals surface area contributed by atoms with Crippen molar-refractivity contribution >= 4 is 15.8 Å². The van der Waals surface area contributed by atoms with Gasteiger partial charge in [-0.05, 0) is 29.8 Å². The molecule has 0 saturated heterocycles. The molecule has 22 heavy (non-hydrogen) atoms. The molecule has 0 N–H and O–H groups in total. The molecular formula is C16H16O5S. The smallest absolute Gasteiger partial charge is 0.343 e. The van der Waals surface area contributed by atoms with E-state index in [0.29, 0.717) is 17.1 Å². The first kappa shape index (κ1) is 16.0. The van der Waals surface area contributed by atoms with Gasteiger partial charge in [-0.25, -0.2) is 13.2 Å². The van der Waals surface area contributed by atoms with Crippen LogP contribution < -0.4 is 9.47 Å². The Morgan fingerprint density at radius 1 is 1.05 bits per heavy atom. The van der Waals surface area contributed by atoms with Gasteiger partial charge in [0.2, 0.25) is 0 Å². The molecule has 0 atom stereocenters. The molecule has 5 nitrogen and oxygen atoms in total. The highest BCUT2D eigenvalue weighted by atomic mass is 32.2. The predicted octanol–water partition coefficient (Wildman–Crippen LogP) is 2.46. The summed E-state index contributed by atoms with van der Waals surface area (Å²) < 4.78 is 33.1. The Kier molecular flexibility index (Phi) is 4.82. The van der Waals surface area contributed by atoms with E-state index in [1.807, 2.05) is 0 Å². The molecular weight excluding hydrogens is 304 g/mol. The summed E-state index contributed by atoms with van der Waals surface area (Å²) in [4.78, 5) is 12.2. The molecule has 0 aliphatic rings. The minimum absolute atomic E-state index is 0.122. The Morgan fingerprint density at radius 3 is 2.36 bits per heavy atom. The topological polar surface area (TPSA) is 69.7 Å². The lowest BCUT2D eigenvalue weighted by molar-refractivity contribution is 0.0729. The van der Waals surface area contributed by atoms with Gasteiger partial charge >= 0.3 is 5.97 Å². The Morgan fingerprint density at radius 2 is 1.73 bits per heavy atom. The highest BCUT2D eigenvalue weighted by Gasteiger charge is 2.13. The summed E-state index contributed by atoms with van der Waals surface area (Å²) in [5.41, 5.74) is 0.823. The van der Waals surface area contributed by atoms with E-state index in [9.17, 15) is 13.2 Å². The van der Waals surface area contributed by atoms with Crippen molar-refractivity contribution in [1.82, 2.24) is 0 Å². The number of hydrogen-bond donors (Lipinski definition) is 0. The average molecular weight is 320 g/mol. The van der Waals surface area contributed by atoms with Gasteiger partial charge in [0.25, 0.3) is 0 Å². The maximum Gasteiger partial charge on any atom is 0.343 e. The molecule has 116 valence electrons. The van der Waals surface area contributed by atoms with Gasteiger partial charge in [-0.2, -0.15) is 0 Å². The van der Waals surface area contributed by atoms with Crippen molar-refractivity contribution in [2.24, 2.45) is 0 Å². The van der Waals surface area contributed by atoms with Crippen molar-refractivity contribution in [3.63, 3.8) is 0 Å². The highest BCUT2D eigenvalue weighted by molar-refractivity contribution is 7.89. The fourth-order valence-electron chi connectivity index (χ4n) is 1.95. The molecule has 0 heterocycles. The number of hydrogen-bond acceptors (Lipinski definition) is 5. The molecule has 0 fully saturated rings. The number of para-hydroxylation sites is 2. The van der Waals surface area contributed by atoms with Crippen LogP contribution in [0.25, 0.3) is 0 Å². The van der Waals surface area contributed by atoms with Crippen molar-refractivity contribution in [1.29, 1.82) is 0 Å². The third kappa shape index (κ3) is 4.33. The number of ether oxygens (including phenoxy) is 2. The lowest BCUT2D eigenvalue weighted by atomic mass is 10.1. The lowest BCUT2D eigenvalue weighted by Crippen LogP contribution is -2.10. The normalized spacial score (nSPS) is 11.0. The van der Waals surface area contributed by atoms with E-state index in [2.05, 4.69) is 0 Å². The molecule has 2 rings (SSSR count). The molecule has 2 aromatic rings. The van der Waals surface area contributed by atoms with Crippen molar-refractivity contribution in [2.75, 3.05) is 13.4 Å². The van der Waals surface area contributed by atoms with Gasteiger partial charge in [-0.1, -0.05) is 24.3 Å². The Hall–Kier alpha value is -2.34. The van der Waals surface area contributed by atoms with Crippen LogP contribution in [0.3, 0.4) is 0 Å². The van der Waals surface area contributed by atoms with Crippen LogP contribution in [-0.2, 0) is 15.6 Å². The molecule has 2 aromatic carbocycles. The molecule has 0 saturated carbocycles. The van der Waals surface area contributed by atoms with Crippen LogP contribution in [0.1, 0.15) is 15.9 Å². The van der Waals surface area contributed by atoms with Gasteiger partial charge in [0.15, 0.2) is 21.3 Å². The summed E-state index contributed by atoms with van der Waals surface area (Å²) in [6, 6.07) is 13.2. The summed E-state index contributed by atoms with van der Waals surface area (Å²) >= 11 is 0. The van der Waals surface area contributed by atoms with Gasteiger partial charge in [0, 0.05) is 6.26 Å². The molecule has 0 bridgehead atoms. The van der Waals surface area contributed by atoms with Crippen LogP contribution in [0.4, 0.5) is 0 Å². The van der Waals surface area contributed by atoms with E-state index >= 15 is 0 Å². The molecule has 0 aromatic heterocycles. The number of carbonyl (C=O) groups excluding carboxylic acids is 1. The Bertz CT molecular complexity index is 781. The summed E-state index contributed by atoms with van der Waals surface area (Å²) in [6.45, 7) is 0. The lowest BCUT2D eigenvalue weighted by Gasteiger charge is -2.09. The number of esters is 1. The third-order valence-corrected chi connectivity index (χ3v) is 3.72. The summed E-state index contributed by atoms with van der Waals surface area (Å²) in [7, 11) is -1.68. The van der Waals surface area contributed by atoms with Crippen LogP contribution in [-0.4, -0.2) is 27.8 Å². The van der Waals surface area contributed by atoms with Gasteiger partial charge in [0.1, 0.15) is 0 Å². The second-order valence-corrected chi connectivity index (χ2v) is 6.95. The van der Waals surface area contributed by atoms with Crippen molar-refractivity contribution in [3.05, 3.63) is 59.7 Å². The molecule has 0 aliphatic heterocycles. The third-order valence-electron chi connectivity index (χ3n) is 2.86. The van der Waals surface area contributed by atoms with Crippen LogP contribution in [0, 0.1) is 0 Å².